The van der Waals surface area contributed by atoms with Gasteiger partial charge in [-0.1, -0.05) is 17.7 Å². The van der Waals surface area contributed by atoms with E-state index < -0.39 is 0 Å². The number of aliphatic hydroxyl groups is 1. The monoisotopic (exact) mass is 264 g/mol. The molecule has 88 valence electrons. The molecule has 1 N–H and O–H groups in total. The standard InChI is InChI=1S/C12H13ClN2OSi/c13-11-2-1-8-3-5-15(12(16)17)6-4-9(8)10(11)7-14/h1-2,16H,3-6,17H2. The summed E-state index contributed by atoms with van der Waals surface area (Å²) in [5, 5.41) is 19.2. The fourth-order valence-corrected chi connectivity index (χ4v) is 2.71. The summed E-state index contributed by atoms with van der Waals surface area (Å²) in [5.74, 6) is 0. The third-order valence-electron chi connectivity index (χ3n) is 3.12. The predicted molar refractivity (Wildman–Crippen MR) is 70.6 cm³/mol. The molecule has 1 aromatic carbocycles. The summed E-state index contributed by atoms with van der Waals surface area (Å²) in [5.41, 5.74) is 3.15. The van der Waals surface area contributed by atoms with E-state index in [1.165, 1.54) is 9.85 Å². The zero-order valence-corrected chi connectivity index (χ0v) is 11.6. The SMILES string of the molecule is N#Cc1c(Cl)ccc2c1CCN(C(O)=[SiH2])CC2. The molecule has 0 saturated carbocycles. The molecule has 2 rings (SSSR count). The molecule has 3 nitrogen and oxygen atoms in total. The molecule has 0 bridgehead atoms. The lowest BCUT2D eigenvalue weighted by molar-refractivity contribution is 0.355. The van der Waals surface area contributed by atoms with Crippen LogP contribution in [-0.4, -0.2) is 38.4 Å². The Morgan fingerprint density at radius 3 is 2.76 bits per heavy atom. The highest BCUT2D eigenvalue weighted by atomic mass is 35.5. The van der Waals surface area contributed by atoms with Gasteiger partial charge in [-0.25, -0.2) is 0 Å². The van der Waals surface area contributed by atoms with Crippen LogP contribution in [0.3, 0.4) is 0 Å². The van der Waals surface area contributed by atoms with Crippen molar-refractivity contribution in [3.05, 3.63) is 33.8 Å². The van der Waals surface area contributed by atoms with Gasteiger partial charge in [0.15, 0.2) is 0 Å². The van der Waals surface area contributed by atoms with Crippen molar-refractivity contribution >= 4 is 26.9 Å². The third kappa shape index (κ3) is 2.35. The second-order valence-electron chi connectivity index (χ2n) is 4.08. The Hall–Kier alpha value is -1.31. The second-order valence-corrected chi connectivity index (χ2v) is 5.11. The normalized spacial score (nSPS) is 14.7. The fraction of sp³-hybridized carbons (Fsp3) is 0.333. The van der Waals surface area contributed by atoms with Crippen molar-refractivity contribution in [2.75, 3.05) is 13.1 Å². The Balaban J connectivity index is 2.38. The predicted octanol–water partition coefficient (Wildman–Crippen LogP) is 0.705. The molecule has 1 aliphatic heterocycles. The average Bonchev–Trinajstić information content (AvgIpc) is 2.51. The third-order valence-corrected chi connectivity index (χ3v) is 3.88. The van der Waals surface area contributed by atoms with Crippen molar-refractivity contribution in [2.45, 2.75) is 12.8 Å². The highest BCUT2D eigenvalue weighted by Gasteiger charge is 2.18. The first-order valence-electron chi connectivity index (χ1n) is 5.46. The van der Waals surface area contributed by atoms with E-state index in [2.05, 4.69) is 6.07 Å². The van der Waals surface area contributed by atoms with Gasteiger partial charge in [0.25, 0.3) is 0 Å². The lowest BCUT2D eigenvalue weighted by Gasteiger charge is -2.20. The number of nitrogens with zero attached hydrogens (tertiary/aromatic N) is 2. The zero-order valence-electron chi connectivity index (χ0n) is 9.41. The first-order chi connectivity index (χ1) is 8.13. The number of fused-ring (bicyclic) bond motifs is 1. The maximum Gasteiger partial charge on any atom is 0.142 e. The van der Waals surface area contributed by atoms with Crippen molar-refractivity contribution < 1.29 is 5.11 Å². The first kappa shape index (κ1) is 12.2. The van der Waals surface area contributed by atoms with Crippen LogP contribution in [-0.2, 0) is 12.8 Å². The van der Waals surface area contributed by atoms with Crippen molar-refractivity contribution in [3.63, 3.8) is 0 Å². The Bertz CT molecular complexity index is 510. The largest absolute Gasteiger partial charge is 0.500 e. The number of hydrogen-bond donors (Lipinski definition) is 1. The molecule has 0 fully saturated rings. The average molecular weight is 265 g/mol. The number of hydrogen-bond acceptors (Lipinski definition) is 3. The molecule has 0 radical (unpaired) electrons. The number of aliphatic hydroxyl groups excluding tert-OH is 1. The lowest BCUT2D eigenvalue weighted by atomic mass is 9.98. The van der Waals surface area contributed by atoms with Gasteiger partial charge < -0.3 is 10.0 Å². The molecule has 17 heavy (non-hydrogen) atoms. The molecular formula is C12H13ClN2OSi. The number of halogens is 1. The lowest BCUT2D eigenvalue weighted by Crippen LogP contribution is -2.33. The molecule has 0 spiro atoms. The summed E-state index contributed by atoms with van der Waals surface area (Å²) in [6.45, 7) is 1.52. The number of rotatable bonds is 1. The summed E-state index contributed by atoms with van der Waals surface area (Å²) < 4.78 is 0. The summed E-state index contributed by atoms with van der Waals surface area (Å²) >= 11 is 6.02. The van der Waals surface area contributed by atoms with E-state index >= 15 is 0 Å². The molecule has 0 atom stereocenters. The maximum absolute atomic E-state index is 9.53. The van der Waals surface area contributed by atoms with E-state index in [-0.39, 0.29) is 0 Å². The molecular weight excluding hydrogens is 252 g/mol. The molecule has 0 amide bonds. The topological polar surface area (TPSA) is 47.3 Å². The first-order valence-corrected chi connectivity index (χ1v) is 6.55. The Labute approximate surface area is 108 Å². The number of nitriles is 1. The van der Waals surface area contributed by atoms with Crippen molar-refractivity contribution in [2.24, 2.45) is 0 Å². The van der Waals surface area contributed by atoms with Crippen LogP contribution in [0.4, 0.5) is 0 Å². The Morgan fingerprint density at radius 2 is 2.12 bits per heavy atom. The molecule has 1 heterocycles. The van der Waals surface area contributed by atoms with Gasteiger partial charge in [-0.2, -0.15) is 5.26 Å². The Morgan fingerprint density at radius 1 is 1.41 bits per heavy atom. The zero-order chi connectivity index (χ0) is 12.4. The van der Waals surface area contributed by atoms with Crippen molar-refractivity contribution in [1.82, 2.24) is 4.90 Å². The quantitative estimate of drug-likeness (QED) is 0.760. The van der Waals surface area contributed by atoms with Crippen LogP contribution in [0.1, 0.15) is 16.7 Å². The van der Waals surface area contributed by atoms with Gasteiger partial charge in [-0.05, 0) is 30.0 Å². The van der Waals surface area contributed by atoms with Crippen molar-refractivity contribution in [3.8, 4) is 6.07 Å². The van der Waals surface area contributed by atoms with Crippen LogP contribution < -0.4 is 0 Å². The van der Waals surface area contributed by atoms with Gasteiger partial charge in [0.05, 0.1) is 20.4 Å². The van der Waals surface area contributed by atoms with E-state index in [0.29, 0.717) is 16.1 Å². The van der Waals surface area contributed by atoms with Gasteiger partial charge in [0.1, 0.15) is 11.5 Å². The van der Waals surface area contributed by atoms with Crippen LogP contribution in [0.15, 0.2) is 12.1 Å². The van der Waals surface area contributed by atoms with Crippen LogP contribution in [0, 0.1) is 11.3 Å². The van der Waals surface area contributed by atoms with Gasteiger partial charge >= 0.3 is 0 Å². The van der Waals surface area contributed by atoms with Gasteiger partial charge in [0, 0.05) is 13.1 Å². The van der Waals surface area contributed by atoms with Crippen LogP contribution in [0.2, 0.25) is 5.02 Å². The van der Waals surface area contributed by atoms with E-state index in [1.54, 1.807) is 6.07 Å². The van der Waals surface area contributed by atoms with Crippen LogP contribution in [0.25, 0.3) is 0 Å². The highest BCUT2D eigenvalue weighted by molar-refractivity contribution is 6.33. The fourth-order valence-electron chi connectivity index (χ4n) is 2.18. The summed E-state index contributed by atoms with van der Waals surface area (Å²) in [4.78, 5) is 1.94. The second kappa shape index (κ2) is 4.90. The molecule has 1 aliphatic rings. The highest BCUT2D eigenvalue weighted by Crippen LogP contribution is 2.25. The van der Waals surface area contributed by atoms with Gasteiger partial charge in [0.2, 0.25) is 0 Å². The molecule has 0 aliphatic carbocycles. The van der Waals surface area contributed by atoms with E-state index in [4.69, 9.17) is 16.9 Å². The van der Waals surface area contributed by atoms with Crippen LogP contribution >= 0.6 is 11.6 Å². The number of benzene rings is 1. The minimum atomic E-state index is 0.363. The summed E-state index contributed by atoms with van der Waals surface area (Å²) in [7, 11) is 1.48. The molecule has 0 saturated heterocycles. The molecule has 0 aromatic heterocycles. The maximum atomic E-state index is 9.53. The van der Waals surface area contributed by atoms with Gasteiger partial charge in [-0.3, -0.25) is 0 Å². The van der Waals surface area contributed by atoms with E-state index in [9.17, 15) is 5.11 Å². The minimum Gasteiger partial charge on any atom is -0.500 e. The van der Waals surface area contributed by atoms with E-state index in [1.807, 2.05) is 11.0 Å². The smallest absolute Gasteiger partial charge is 0.142 e. The molecule has 1 aromatic rings. The van der Waals surface area contributed by atoms with Crippen molar-refractivity contribution in [1.29, 1.82) is 5.26 Å². The molecule has 0 unspecified atom stereocenters. The minimum absolute atomic E-state index is 0.363. The Kier molecular flexibility index (Phi) is 3.51. The summed E-state index contributed by atoms with van der Waals surface area (Å²) in [6, 6.07) is 5.94. The molecule has 5 heteroatoms. The van der Waals surface area contributed by atoms with Crippen LogP contribution in [0.5, 0.6) is 0 Å². The van der Waals surface area contributed by atoms with Gasteiger partial charge in [-0.15, -0.1) is 0 Å². The van der Waals surface area contributed by atoms with E-state index in [0.717, 1.165) is 37.1 Å². The summed E-state index contributed by atoms with van der Waals surface area (Å²) in [6.07, 6.45) is 1.59.